The molecule has 45 heavy (non-hydrogen) atoms. The Hall–Kier alpha value is -0.990. The Kier molecular flexibility index (Phi) is 65.8. The van der Waals surface area contributed by atoms with Gasteiger partial charge >= 0.3 is 0 Å². The van der Waals surface area contributed by atoms with Crippen molar-refractivity contribution in [2.45, 2.75) is 134 Å². The van der Waals surface area contributed by atoms with E-state index in [-0.39, 0.29) is 7.43 Å². The van der Waals surface area contributed by atoms with Crippen LogP contribution in [0.4, 0.5) is 0 Å². The summed E-state index contributed by atoms with van der Waals surface area (Å²) >= 11 is 0. The summed E-state index contributed by atoms with van der Waals surface area (Å²) < 4.78 is 6.99. The molecule has 5 rings (SSSR count). The molecule has 0 radical (unpaired) electrons. The van der Waals surface area contributed by atoms with Crippen molar-refractivity contribution >= 4 is 0 Å². The quantitative estimate of drug-likeness (QED) is 0.280. The van der Waals surface area contributed by atoms with Gasteiger partial charge in [-0.05, 0) is 106 Å². The number of ether oxygens (including phenoxy) is 1. The van der Waals surface area contributed by atoms with Gasteiger partial charge in [0.25, 0.3) is 0 Å². The fourth-order valence-corrected chi connectivity index (χ4v) is 4.14. The summed E-state index contributed by atoms with van der Waals surface area (Å²) in [6.07, 6.45) is 18.2. The highest BCUT2D eigenvalue weighted by Crippen LogP contribution is 2.07. The van der Waals surface area contributed by atoms with E-state index in [1.165, 1.54) is 97.1 Å². The van der Waals surface area contributed by atoms with Gasteiger partial charge in [0.15, 0.2) is 0 Å². The summed E-state index contributed by atoms with van der Waals surface area (Å²) in [6, 6.07) is 0. The Balaban J connectivity index is -0.0000000983. The first-order valence-corrected chi connectivity index (χ1v) is 18.7. The molecule has 4 saturated heterocycles. The minimum Gasteiger partial charge on any atom is -0.379 e. The first kappa shape index (κ1) is 56.4. The van der Waals surface area contributed by atoms with Gasteiger partial charge in [-0.15, -0.1) is 0 Å². The molecule has 4 fully saturated rings. The topological polar surface area (TPSA) is 40.0 Å². The SMILES string of the molecule is C.CC.CC.CC.CC.CC.CN1CCCC1.CN1CCCCC1.CN1CCCCCC1.CN1CCOCC1.Cn1ccnc1. The van der Waals surface area contributed by atoms with Gasteiger partial charge in [-0.3, -0.25) is 0 Å². The van der Waals surface area contributed by atoms with Crippen molar-refractivity contribution in [2.24, 2.45) is 7.05 Å². The van der Waals surface area contributed by atoms with E-state index in [0.29, 0.717) is 0 Å². The molecule has 0 saturated carbocycles. The number of morpholine rings is 1. The molecule has 0 amide bonds. The fourth-order valence-electron chi connectivity index (χ4n) is 4.14. The van der Waals surface area contributed by atoms with Crippen molar-refractivity contribution in [3.8, 4) is 0 Å². The largest absolute Gasteiger partial charge is 0.379 e. The molecule has 1 aromatic heterocycles. The van der Waals surface area contributed by atoms with E-state index in [1.54, 1.807) is 12.5 Å². The zero-order valence-electron chi connectivity index (χ0n) is 33.3. The van der Waals surface area contributed by atoms with Gasteiger partial charge in [-0.2, -0.15) is 0 Å². The van der Waals surface area contributed by atoms with E-state index in [2.05, 4.69) is 52.8 Å². The molecule has 0 atom stereocenters. The van der Waals surface area contributed by atoms with Crippen molar-refractivity contribution in [1.82, 2.24) is 29.2 Å². The van der Waals surface area contributed by atoms with Crippen LogP contribution in [0.3, 0.4) is 0 Å². The highest BCUT2D eigenvalue weighted by molar-refractivity contribution is 4.70. The maximum Gasteiger partial charge on any atom is 0.0943 e. The van der Waals surface area contributed by atoms with Gasteiger partial charge in [-0.1, -0.05) is 95.9 Å². The Morgan fingerprint density at radius 3 is 0.867 bits per heavy atom. The summed E-state index contributed by atoms with van der Waals surface area (Å²) in [5.74, 6) is 0. The van der Waals surface area contributed by atoms with E-state index in [4.69, 9.17) is 4.74 Å². The van der Waals surface area contributed by atoms with Gasteiger partial charge in [0.05, 0.1) is 19.5 Å². The van der Waals surface area contributed by atoms with E-state index in [0.717, 1.165) is 26.3 Å². The predicted octanol–water partition coefficient (Wildman–Crippen LogP) is 9.44. The van der Waals surface area contributed by atoms with Crippen LogP contribution in [0.15, 0.2) is 18.7 Å². The van der Waals surface area contributed by atoms with Gasteiger partial charge in [-0.25, -0.2) is 4.98 Å². The third-order valence-electron chi connectivity index (χ3n) is 6.61. The van der Waals surface area contributed by atoms with Crippen LogP contribution >= 0.6 is 0 Å². The summed E-state index contributed by atoms with van der Waals surface area (Å²) in [5.41, 5.74) is 0. The lowest BCUT2D eigenvalue weighted by molar-refractivity contribution is 0.0503. The lowest BCUT2D eigenvalue weighted by atomic mass is 10.1. The average Bonchev–Trinajstić information content (AvgIpc) is 3.72. The molecule has 0 aliphatic carbocycles. The van der Waals surface area contributed by atoms with Crippen LogP contribution < -0.4 is 0 Å². The number of likely N-dealkylation sites (tertiary alicyclic amines) is 3. The number of likely N-dealkylation sites (N-methyl/N-ethyl adjacent to an activating group) is 1. The number of aromatic nitrogens is 2. The van der Waals surface area contributed by atoms with Crippen LogP contribution in [0.5, 0.6) is 0 Å². The van der Waals surface area contributed by atoms with Gasteiger partial charge in [0.1, 0.15) is 0 Å². The fraction of sp³-hybridized carbons (Fsp3) is 0.921. The summed E-state index contributed by atoms with van der Waals surface area (Å²) in [7, 11) is 10.6. The van der Waals surface area contributed by atoms with E-state index in [9.17, 15) is 0 Å². The second-order valence-electron chi connectivity index (χ2n) is 10.2. The van der Waals surface area contributed by atoms with Crippen LogP contribution in [0, 0.1) is 0 Å². The smallest absolute Gasteiger partial charge is 0.0943 e. The molecule has 0 spiro atoms. The number of rotatable bonds is 0. The molecular weight excluding hydrogens is 556 g/mol. The van der Waals surface area contributed by atoms with Gasteiger partial charge in [0, 0.05) is 32.5 Å². The zero-order chi connectivity index (χ0) is 34.9. The minimum atomic E-state index is 0. The molecule has 7 nitrogen and oxygen atoms in total. The van der Waals surface area contributed by atoms with Crippen molar-refractivity contribution in [3.05, 3.63) is 18.7 Å². The van der Waals surface area contributed by atoms with Crippen molar-refractivity contribution in [3.63, 3.8) is 0 Å². The summed E-state index contributed by atoms with van der Waals surface area (Å²) in [4.78, 5) is 13.2. The number of imidazole rings is 1. The first-order chi connectivity index (χ1) is 21.5. The lowest BCUT2D eigenvalue weighted by Gasteiger charge is -2.21. The molecule has 278 valence electrons. The van der Waals surface area contributed by atoms with E-state index >= 15 is 0 Å². The van der Waals surface area contributed by atoms with Crippen LogP contribution in [-0.4, -0.2) is 123 Å². The third-order valence-corrected chi connectivity index (χ3v) is 6.61. The lowest BCUT2D eigenvalue weighted by Crippen LogP contribution is -2.32. The number of hydrogen-bond acceptors (Lipinski definition) is 6. The average molecular weight is 647 g/mol. The Morgan fingerprint density at radius 2 is 0.689 bits per heavy atom. The molecule has 7 heteroatoms. The van der Waals surface area contributed by atoms with Crippen molar-refractivity contribution in [1.29, 1.82) is 0 Å². The number of aryl methyl sites for hydroxylation is 1. The Bertz CT molecular complexity index is 502. The molecule has 0 bridgehead atoms. The van der Waals surface area contributed by atoms with Crippen LogP contribution in [0.25, 0.3) is 0 Å². The molecule has 4 aliphatic heterocycles. The number of piperidine rings is 1. The summed E-state index contributed by atoms with van der Waals surface area (Å²) in [5, 5.41) is 0. The normalized spacial score (nSPS) is 17.6. The molecule has 1 aromatic rings. The van der Waals surface area contributed by atoms with Gasteiger partial charge < -0.3 is 28.9 Å². The predicted molar refractivity (Wildman–Crippen MR) is 209 cm³/mol. The molecule has 0 unspecified atom stereocenters. The van der Waals surface area contributed by atoms with Crippen molar-refractivity contribution in [2.75, 3.05) is 93.8 Å². The summed E-state index contributed by atoms with van der Waals surface area (Å²) in [6.45, 7) is 31.9. The Labute approximate surface area is 287 Å². The van der Waals surface area contributed by atoms with Crippen LogP contribution in [0.1, 0.15) is 134 Å². The first-order valence-electron chi connectivity index (χ1n) is 18.7. The van der Waals surface area contributed by atoms with Crippen LogP contribution in [-0.2, 0) is 11.8 Å². The highest BCUT2D eigenvalue weighted by atomic mass is 16.5. The maximum absolute atomic E-state index is 5.10. The minimum absolute atomic E-state index is 0. The molecule has 0 N–H and O–H groups in total. The Morgan fingerprint density at radius 1 is 0.422 bits per heavy atom. The monoisotopic (exact) mass is 647 g/mol. The standard InChI is InChI=1S/C7H15N.C6H13N.C5H11NO.C5H11N.C4H6N2.5C2H6.CH4/c1-8-6-4-2-3-5-7-8;1-7-5-3-2-4-6-7;1-6-2-4-7-5-3-6;1-6-4-2-3-5-6;1-6-3-2-5-4-6;5*1-2;/h2-7H2,1H3;2-6H2,1H3;2-5H2,1H3;2-5H2,1H3;2-4H,1H3;5*1-2H3;1H4. The van der Waals surface area contributed by atoms with Crippen LogP contribution in [0.2, 0.25) is 0 Å². The molecule has 5 heterocycles. The van der Waals surface area contributed by atoms with E-state index in [1.807, 2.05) is 87.0 Å². The maximum atomic E-state index is 5.10. The molecule has 0 aromatic carbocycles. The van der Waals surface area contributed by atoms with Gasteiger partial charge in [0.2, 0.25) is 0 Å². The van der Waals surface area contributed by atoms with E-state index < -0.39 is 0 Å². The second-order valence-corrected chi connectivity index (χ2v) is 10.2. The second kappa shape index (κ2) is 52.5. The highest BCUT2D eigenvalue weighted by Gasteiger charge is 2.04. The number of nitrogens with zero attached hydrogens (tertiary/aromatic N) is 6. The third kappa shape index (κ3) is 50.1. The molecular formula is C38H90N6O. The molecule has 4 aliphatic rings. The van der Waals surface area contributed by atoms with Crippen molar-refractivity contribution < 1.29 is 4.74 Å². The zero-order valence-corrected chi connectivity index (χ0v) is 33.3. The number of hydrogen-bond donors (Lipinski definition) is 0.